The van der Waals surface area contributed by atoms with Crippen LogP contribution < -0.4 is 4.90 Å². The first-order valence-corrected chi connectivity index (χ1v) is 5.53. The van der Waals surface area contributed by atoms with E-state index in [0.29, 0.717) is 24.1 Å². The van der Waals surface area contributed by atoms with Crippen molar-refractivity contribution in [2.45, 2.75) is 30.9 Å². The summed E-state index contributed by atoms with van der Waals surface area (Å²) in [5, 5.41) is 7.69. The number of halogens is 1. The average molecular weight is 230 g/mol. The van der Waals surface area contributed by atoms with Crippen LogP contribution in [0.15, 0.2) is 4.42 Å². The molecular formula is C9H12ClN3O2. The predicted octanol–water partition coefficient (Wildman–Crippen LogP) is 1.35. The SMILES string of the molecule is CC(Cl)c1nnc(N2CC3CC2CO3)o1. The van der Waals surface area contributed by atoms with Crippen molar-refractivity contribution in [2.75, 3.05) is 18.1 Å². The third-order valence-corrected chi connectivity index (χ3v) is 3.10. The number of hydrogen-bond acceptors (Lipinski definition) is 5. The van der Waals surface area contributed by atoms with Gasteiger partial charge in [0.15, 0.2) is 0 Å². The Labute approximate surface area is 92.4 Å². The number of anilines is 1. The Bertz CT molecular complexity index is 368. The van der Waals surface area contributed by atoms with Gasteiger partial charge in [-0.25, -0.2) is 0 Å². The molecule has 1 aromatic rings. The molecule has 0 aromatic carbocycles. The van der Waals surface area contributed by atoms with Crippen LogP contribution in [0.2, 0.25) is 0 Å². The van der Waals surface area contributed by atoms with Gasteiger partial charge in [0.1, 0.15) is 5.38 Å². The molecule has 2 aliphatic heterocycles. The summed E-state index contributed by atoms with van der Waals surface area (Å²) in [6, 6.07) is 0.974. The number of alkyl halides is 1. The fourth-order valence-electron chi connectivity index (χ4n) is 2.14. The van der Waals surface area contributed by atoms with Gasteiger partial charge in [-0.05, 0) is 13.3 Å². The van der Waals surface area contributed by atoms with Crippen molar-refractivity contribution in [3.05, 3.63) is 5.89 Å². The van der Waals surface area contributed by atoms with E-state index in [-0.39, 0.29) is 5.38 Å². The highest BCUT2D eigenvalue weighted by Crippen LogP contribution is 2.32. The van der Waals surface area contributed by atoms with E-state index in [9.17, 15) is 0 Å². The molecule has 3 heterocycles. The molecular weight excluding hydrogens is 218 g/mol. The van der Waals surface area contributed by atoms with Crippen LogP contribution in [0.5, 0.6) is 0 Å². The standard InChI is InChI=1S/C9H12ClN3O2/c1-5(10)8-11-12-9(15-8)13-3-7-2-6(13)4-14-7/h5-7H,2-4H2,1H3. The molecule has 5 nitrogen and oxygen atoms in total. The molecule has 2 fully saturated rings. The second-order valence-corrected chi connectivity index (χ2v) is 4.69. The summed E-state index contributed by atoms with van der Waals surface area (Å²) in [5.41, 5.74) is 0. The van der Waals surface area contributed by atoms with Gasteiger partial charge in [0.2, 0.25) is 5.89 Å². The highest BCUT2D eigenvalue weighted by atomic mass is 35.5. The van der Waals surface area contributed by atoms with Crippen molar-refractivity contribution in [1.82, 2.24) is 10.2 Å². The molecule has 3 atom stereocenters. The minimum Gasteiger partial charge on any atom is -0.406 e. The summed E-state index contributed by atoms with van der Waals surface area (Å²) < 4.78 is 11.0. The van der Waals surface area contributed by atoms with Crippen LogP contribution in [-0.4, -0.2) is 35.5 Å². The quantitative estimate of drug-likeness (QED) is 0.717. The van der Waals surface area contributed by atoms with Gasteiger partial charge in [-0.15, -0.1) is 16.7 Å². The van der Waals surface area contributed by atoms with Crippen molar-refractivity contribution < 1.29 is 9.15 Å². The number of hydrogen-bond donors (Lipinski definition) is 0. The number of rotatable bonds is 2. The highest BCUT2D eigenvalue weighted by molar-refractivity contribution is 6.20. The fraction of sp³-hybridized carbons (Fsp3) is 0.778. The van der Waals surface area contributed by atoms with Crippen LogP contribution in [0.4, 0.5) is 6.01 Å². The smallest absolute Gasteiger partial charge is 0.318 e. The molecule has 15 heavy (non-hydrogen) atoms. The number of nitrogens with zero attached hydrogens (tertiary/aromatic N) is 3. The topological polar surface area (TPSA) is 51.4 Å². The molecule has 0 amide bonds. The molecule has 2 saturated heterocycles. The molecule has 82 valence electrons. The molecule has 2 aliphatic rings. The zero-order chi connectivity index (χ0) is 10.4. The molecule has 1 aromatic heterocycles. The molecule has 6 heteroatoms. The van der Waals surface area contributed by atoms with E-state index in [1.165, 1.54) is 0 Å². The first-order chi connectivity index (χ1) is 7.24. The maximum absolute atomic E-state index is 5.86. The van der Waals surface area contributed by atoms with Crippen molar-refractivity contribution in [2.24, 2.45) is 0 Å². The van der Waals surface area contributed by atoms with E-state index in [2.05, 4.69) is 15.1 Å². The third-order valence-electron chi connectivity index (χ3n) is 2.92. The van der Waals surface area contributed by atoms with Crippen molar-refractivity contribution in [3.8, 4) is 0 Å². The Kier molecular flexibility index (Phi) is 2.10. The Hall–Kier alpha value is -0.810. The van der Waals surface area contributed by atoms with Gasteiger partial charge in [0.25, 0.3) is 0 Å². The normalized spacial score (nSPS) is 31.2. The van der Waals surface area contributed by atoms with Crippen molar-refractivity contribution in [1.29, 1.82) is 0 Å². The van der Waals surface area contributed by atoms with E-state index in [1.54, 1.807) is 0 Å². The van der Waals surface area contributed by atoms with Gasteiger partial charge in [-0.2, -0.15) is 0 Å². The maximum atomic E-state index is 5.86. The summed E-state index contributed by atoms with van der Waals surface area (Å²) in [7, 11) is 0. The van der Waals surface area contributed by atoms with Crippen LogP contribution in [0.3, 0.4) is 0 Å². The highest BCUT2D eigenvalue weighted by Gasteiger charge is 2.41. The minimum absolute atomic E-state index is 0.234. The molecule has 0 saturated carbocycles. The summed E-state index contributed by atoms with van der Waals surface area (Å²) >= 11 is 5.86. The van der Waals surface area contributed by atoms with Gasteiger partial charge >= 0.3 is 6.01 Å². The number of fused-ring (bicyclic) bond motifs is 2. The zero-order valence-corrected chi connectivity index (χ0v) is 9.15. The van der Waals surface area contributed by atoms with Gasteiger partial charge in [0.05, 0.1) is 18.8 Å². The third kappa shape index (κ3) is 1.50. The molecule has 3 rings (SSSR count). The molecule has 0 N–H and O–H groups in total. The van der Waals surface area contributed by atoms with Crippen LogP contribution in [0.25, 0.3) is 0 Å². The van der Waals surface area contributed by atoms with E-state index in [4.69, 9.17) is 20.8 Å². The number of aromatic nitrogens is 2. The van der Waals surface area contributed by atoms with Gasteiger partial charge in [-0.3, -0.25) is 0 Å². The van der Waals surface area contributed by atoms with Crippen LogP contribution in [0, 0.1) is 0 Å². The summed E-state index contributed by atoms with van der Waals surface area (Å²) in [6.07, 6.45) is 1.40. The summed E-state index contributed by atoms with van der Waals surface area (Å²) in [5.74, 6) is 0.482. The van der Waals surface area contributed by atoms with E-state index in [0.717, 1.165) is 19.6 Å². The van der Waals surface area contributed by atoms with Gasteiger partial charge in [0, 0.05) is 6.54 Å². The number of ether oxygens (including phenoxy) is 1. The van der Waals surface area contributed by atoms with Crippen molar-refractivity contribution >= 4 is 17.6 Å². The molecule has 0 radical (unpaired) electrons. The zero-order valence-electron chi connectivity index (χ0n) is 8.39. The van der Waals surface area contributed by atoms with E-state index < -0.39 is 0 Å². The lowest BCUT2D eigenvalue weighted by atomic mass is 10.2. The first-order valence-electron chi connectivity index (χ1n) is 5.10. The Morgan fingerprint density at radius 3 is 2.93 bits per heavy atom. The Balaban J connectivity index is 1.81. The average Bonchev–Trinajstić information content (AvgIpc) is 2.93. The molecule has 3 unspecified atom stereocenters. The summed E-state index contributed by atoms with van der Waals surface area (Å²) in [6.45, 7) is 3.43. The lowest BCUT2D eigenvalue weighted by molar-refractivity contribution is 0.0973. The molecule has 0 spiro atoms. The lowest BCUT2D eigenvalue weighted by Crippen LogP contribution is -2.37. The van der Waals surface area contributed by atoms with E-state index in [1.807, 2.05) is 6.92 Å². The fourth-order valence-corrected chi connectivity index (χ4v) is 2.23. The second kappa shape index (κ2) is 3.35. The van der Waals surface area contributed by atoms with Crippen LogP contribution >= 0.6 is 11.6 Å². The first kappa shape index (κ1) is 9.42. The van der Waals surface area contributed by atoms with Crippen LogP contribution in [-0.2, 0) is 4.74 Å². The Morgan fingerprint density at radius 1 is 1.53 bits per heavy atom. The van der Waals surface area contributed by atoms with Gasteiger partial charge < -0.3 is 14.1 Å². The van der Waals surface area contributed by atoms with E-state index >= 15 is 0 Å². The largest absolute Gasteiger partial charge is 0.406 e. The summed E-state index contributed by atoms with van der Waals surface area (Å²) in [4.78, 5) is 2.12. The van der Waals surface area contributed by atoms with Gasteiger partial charge in [-0.1, -0.05) is 5.10 Å². The van der Waals surface area contributed by atoms with Crippen molar-refractivity contribution in [3.63, 3.8) is 0 Å². The van der Waals surface area contributed by atoms with Crippen LogP contribution in [0.1, 0.15) is 24.6 Å². The minimum atomic E-state index is -0.234. The molecule has 0 aliphatic carbocycles. The second-order valence-electron chi connectivity index (χ2n) is 4.04. The maximum Gasteiger partial charge on any atom is 0.318 e. The number of morpholine rings is 1. The molecule has 2 bridgehead atoms. The predicted molar refractivity (Wildman–Crippen MR) is 54.1 cm³/mol. The lowest BCUT2D eigenvalue weighted by Gasteiger charge is -2.24. The Morgan fingerprint density at radius 2 is 2.40 bits per heavy atom. The monoisotopic (exact) mass is 229 g/mol.